The quantitative estimate of drug-likeness (QED) is 0.0551. The molecule has 1 heteroatoms. The van der Waals surface area contributed by atoms with E-state index in [4.69, 9.17) is 0 Å². The first-order valence-corrected chi connectivity index (χ1v) is 30.0. The van der Waals surface area contributed by atoms with Crippen LogP contribution in [-0.2, 0) is 0 Å². The van der Waals surface area contributed by atoms with Crippen LogP contribution in [-0.4, -0.2) is 23.0 Å². The van der Waals surface area contributed by atoms with E-state index in [0.717, 1.165) is 18.1 Å². The summed E-state index contributed by atoms with van der Waals surface area (Å²) < 4.78 is 0. The monoisotopic (exact) mass is 858 g/mol. The summed E-state index contributed by atoms with van der Waals surface area (Å²) in [5.74, 6) is 0. The zero-order valence-corrected chi connectivity index (χ0v) is 44.2. The number of rotatable bonds is 54. The maximum Gasteiger partial charge on any atom is 0.0101 e. The summed E-state index contributed by atoms with van der Waals surface area (Å²) in [4.78, 5) is 3.38. The van der Waals surface area contributed by atoms with E-state index in [1.54, 1.807) is 0 Å². The lowest BCUT2D eigenvalue weighted by molar-refractivity contribution is 0.0406. The Morgan fingerprint density at radius 3 is 0.426 bits per heavy atom. The zero-order chi connectivity index (χ0) is 44.4. The Kier molecular flexibility index (Phi) is 52.5. The van der Waals surface area contributed by atoms with Crippen molar-refractivity contribution in [3.63, 3.8) is 0 Å². The number of hydrogen-bond donors (Lipinski definition) is 0. The van der Waals surface area contributed by atoms with Crippen LogP contribution in [0.4, 0.5) is 0 Å². The van der Waals surface area contributed by atoms with Gasteiger partial charge in [0.1, 0.15) is 0 Å². The average molecular weight is 859 g/mol. The molecule has 61 heavy (non-hydrogen) atoms. The Morgan fingerprint density at radius 2 is 0.279 bits per heavy atom. The molecule has 0 aromatic carbocycles. The molecule has 3 atom stereocenters. The topological polar surface area (TPSA) is 3.24 Å². The number of hydrogen-bond acceptors (Lipinski definition) is 1. The highest BCUT2D eigenvalue weighted by atomic mass is 15.2. The second-order valence-corrected chi connectivity index (χ2v) is 20.9. The molecule has 0 N–H and O–H groups in total. The van der Waals surface area contributed by atoms with Gasteiger partial charge in [0.15, 0.2) is 0 Å². The first kappa shape index (κ1) is 61.0. The van der Waals surface area contributed by atoms with E-state index >= 15 is 0 Å². The van der Waals surface area contributed by atoms with E-state index in [-0.39, 0.29) is 0 Å². The molecule has 0 radical (unpaired) electrons. The molecule has 0 amide bonds. The van der Waals surface area contributed by atoms with E-state index in [9.17, 15) is 0 Å². The fourth-order valence-corrected chi connectivity index (χ4v) is 10.8. The van der Waals surface area contributed by atoms with Crippen LogP contribution in [0.1, 0.15) is 369 Å². The van der Waals surface area contributed by atoms with Gasteiger partial charge < -0.3 is 0 Å². The molecular weight excluding hydrogens is 735 g/mol. The first-order valence-electron chi connectivity index (χ1n) is 30.0. The SMILES string of the molecule is CCCCCCCCCCCCCC(CCCCCC)N(C(CCCCCC)CCCCCCCCCCCCC)C(CCCCCC)CCCCCCCCCCCCC. The fraction of sp³-hybridized carbons (Fsp3) is 1.00. The van der Waals surface area contributed by atoms with Gasteiger partial charge in [-0.1, -0.05) is 330 Å². The summed E-state index contributed by atoms with van der Waals surface area (Å²) in [6.45, 7) is 14.3. The van der Waals surface area contributed by atoms with Crippen molar-refractivity contribution in [3.05, 3.63) is 0 Å². The lowest BCUT2D eigenvalue weighted by Crippen LogP contribution is -2.50. The molecule has 1 nitrogen and oxygen atoms in total. The largest absolute Gasteiger partial charge is 0.294 e. The van der Waals surface area contributed by atoms with Gasteiger partial charge in [0.2, 0.25) is 0 Å². The lowest BCUT2D eigenvalue weighted by Gasteiger charge is -2.45. The highest BCUT2D eigenvalue weighted by molar-refractivity contribution is 4.87. The van der Waals surface area contributed by atoms with Gasteiger partial charge in [-0.2, -0.15) is 0 Å². The van der Waals surface area contributed by atoms with E-state index in [0.29, 0.717) is 0 Å². The molecule has 0 fully saturated rings. The van der Waals surface area contributed by atoms with Gasteiger partial charge in [0.25, 0.3) is 0 Å². The normalized spacial score (nSPS) is 13.4. The van der Waals surface area contributed by atoms with Crippen molar-refractivity contribution in [3.8, 4) is 0 Å². The van der Waals surface area contributed by atoms with Crippen LogP contribution in [0.5, 0.6) is 0 Å². The molecule has 0 spiro atoms. The Morgan fingerprint density at radius 1 is 0.164 bits per heavy atom. The molecule has 0 bridgehead atoms. The van der Waals surface area contributed by atoms with Crippen molar-refractivity contribution in [2.75, 3.05) is 0 Å². The number of unbranched alkanes of at least 4 members (excludes halogenated alkanes) is 39. The van der Waals surface area contributed by atoms with Gasteiger partial charge >= 0.3 is 0 Å². The Balaban J connectivity index is 5.98. The predicted octanol–water partition coefficient (Wildman–Crippen LogP) is 22.4. The molecule has 0 rings (SSSR count). The van der Waals surface area contributed by atoms with Gasteiger partial charge in [0.05, 0.1) is 0 Å². The van der Waals surface area contributed by atoms with Crippen molar-refractivity contribution < 1.29 is 0 Å². The second-order valence-electron chi connectivity index (χ2n) is 20.9. The van der Waals surface area contributed by atoms with E-state index in [1.165, 1.54) is 327 Å². The van der Waals surface area contributed by atoms with Crippen LogP contribution in [0.25, 0.3) is 0 Å². The van der Waals surface area contributed by atoms with Crippen molar-refractivity contribution in [2.45, 2.75) is 387 Å². The minimum atomic E-state index is 0.822. The van der Waals surface area contributed by atoms with Crippen LogP contribution in [0.15, 0.2) is 0 Å². The highest BCUT2D eigenvalue weighted by Gasteiger charge is 2.31. The maximum absolute atomic E-state index is 3.38. The molecular formula is C60H123N. The summed E-state index contributed by atoms with van der Waals surface area (Å²) in [7, 11) is 0. The molecule has 0 saturated carbocycles. The maximum atomic E-state index is 3.38. The van der Waals surface area contributed by atoms with E-state index < -0.39 is 0 Å². The van der Waals surface area contributed by atoms with Crippen LogP contribution >= 0.6 is 0 Å². The Hall–Kier alpha value is -0.0400. The molecule has 3 unspecified atom stereocenters. The molecule has 0 aliphatic rings. The third-order valence-electron chi connectivity index (χ3n) is 14.9. The van der Waals surface area contributed by atoms with Crippen molar-refractivity contribution in [1.82, 2.24) is 4.90 Å². The first-order chi connectivity index (χ1) is 30.2. The minimum absolute atomic E-state index is 0.822. The van der Waals surface area contributed by atoms with Crippen molar-refractivity contribution >= 4 is 0 Å². The Bertz CT molecular complexity index is 661. The summed E-state index contributed by atoms with van der Waals surface area (Å²) in [5, 5.41) is 0. The van der Waals surface area contributed by atoms with Crippen LogP contribution in [0.2, 0.25) is 0 Å². The van der Waals surface area contributed by atoms with Gasteiger partial charge in [-0.15, -0.1) is 0 Å². The van der Waals surface area contributed by atoms with Gasteiger partial charge in [-0.25, -0.2) is 0 Å². The smallest absolute Gasteiger partial charge is 0.0101 e. The standard InChI is InChI=1S/C60H123N/c1-7-13-19-25-28-31-34-37-40-43-49-55-58(52-46-22-16-10-4)61(59(53-47-23-17-11-5)56-50-44-41-38-35-32-29-26-20-14-8-2)60(54-48-24-18-12-6)57-51-45-42-39-36-33-30-27-21-15-9-3/h58-60H,7-57H2,1-6H3. The molecule has 0 saturated heterocycles. The summed E-state index contributed by atoms with van der Waals surface area (Å²) in [5.41, 5.74) is 0. The third-order valence-corrected chi connectivity index (χ3v) is 14.9. The molecule has 0 aromatic heterocycles. The highest BCUT2D eigenvalue weighted by Crippen LogP contribution is 2.32. The lowest BCUT2D eigenvalue weighted by atomic mass is 9.89. The molecule has 0 aromatic rings. The van der Waals surface area contributed by atoms with Gasteiger partial charge in [-0.05, 0) is 38.5 Å². The summed E-state index contributed by atoms with van der Waals surface area (Å²) in [6.07, 6.45) is 74.4. The predicted molar refractivity (Wildman–Crippen MR) is 283 cm³/mol. The van der Waals surface area contributed by atoms with E-state index in [2.05, 4.69) is 46.4 Å². The third kappa shape index (κ3) is 42.4. The molecule has 0 heterocycles. The average Bonchev–Trinajstić information content (AvgIpc) is 3.27. The summed E-state index contributed by atoms with van der Waals surface area (Å²) in [6, 6.07) is 2.47. The molecule has 0 aliphatic carbocycles. The van der Waals surface area contributed by atoms with Gasteiger partial charge in [-0.3, -0.25) is 4.90 Å². The Labute approximate surface area is 390 Å². The fourth-order valence-electron chi connectivity index (χ4n) is 10.8. The minimum Gasteiger partial charge on any atom is -0.294 e. The van der Waals surface area contributed by atoms with Crippen molar-refractivity contribution in [1.29, 1.82) is 0 Å². The van der Waals surface area contributed by atoms with Gasteiger partial charge in [0, 0.05) is 18.1 Å². The molecule has 0 aliphatic heterocycles. The van der Waals surface area contributed by atoms with Crippen LogP contribution in [0.3, 0.4) is 0 Å². The number of nitrogens with zero attached hydrogens (tertiary/aromatic N) is 1. The van der Waals surface area contributed by atoms with Crippen LogP contribution in [0, 0.1) is 0 Å². The second kappa shape index (κ2) is 52.6. The van der Waals surface area contributed by atoms with Crippen molar-refractivity contribution in [2.24, 2.45) is 0 Å². The summed E-state index contributed by atoms with van der Waals surface area (Å²) >= 11 is 0. The van der Waals surface area contributed by atoms with Crippen LogP contribution < -0.4 is 0 Å². The molecule has 368 valence electrons. The van der Waals surface area contributed by atoms with E-state index in [1.807, 2.05) is 0 Å². The zero-order valence-electron chi connectivity index (χ0n) is 44.2.